The third-order valence-corrected chi connectivity index (χ3v) is 3.40. The molecule has 0 saturated carbocycles. The molecule has 19 heavy (non-hydrogen) atoms. The second kappa shape index (κ2) is 5.67. The number of aliphatic hydroxyl groups excluding tert-OH is 1. The van der Waals surface area contributed by atoms with Crippen LogP contribution in [0, 0.1) is 5.82 Å². The number of nitrogens with one attached hydrogen (secondary N) is 1. The van der Waals surface area contributed by atoms with E-state index in [1.165, 1.54) is 6.07 Å². The second-order valence-corrected chi connectivity index (χ2v) is 5.40. The van der Waals surface area contributed by atoms with Crippen molar-refractivity contribution in [1.29, 1.82) is 0 Å². The number of rotatable bonds is 4. The van der Waals surface area contributed by atoms with Crippen molar-refractivity contribution in [2.45, 2.75) is 12.5 Å². The smallest absolute Gasteiger partial charge is 0.141 e. The minimum absolute atomic E-state index is 0.151. The molecule has 0 spiro atoms. The number of hydrogen-bond acceptors (Lipinski definition) is 3. The molecule has 5 heteroatoms. The van der Waals surface area contributed by atoms with Crippen molar-refractivity contribution in [3.05, 3.63) is 58.6 Å². The lowest BCUT2D eigenvalue weighted by atomic mass is 9.97. The molecule has 0 aliphatic rings. The molecule has 0 aliphatic carbocycles. The summed E-state index contributed by atoms with van der Waals surface area (Å²) in [4.78, 5) is 4.03. The number of anilines is 1. The number of hydrogen-bond donors (Lipinski definition) is 2. The van der Waals surface area contributed by atoms with Crippen molar-refractivity contribution in [2.24, 2.45) is 0 Å². The fraction of sp³-hybridized carbons (Fsp3) is 0.214. The Kier molecular flexibility index (Phi) is 4.17. The minimum Gasteiger partial charge on any atom is -0.394 e. The molecule has 0 radical (unpaired) electrons. The van der Waals surface area contributed by atoms with Gasteiger partial charge in [-0.2, -0.15) is 0 Å². The van der Waals surface area contributed by atoms with E-state index < -0.39 is 11.4 Å². The Labute approximate surface area is 119 Å². The lowest BCUT2D eigenvalue weighted by Gasteiger charge is -2.29. The van der Waals surface area contributed by atoms with Crippen molar-refractivity contribution < 1.29 is 9.50 Å². The van der Waals surface area contributed by atoms with Crippen LogP contribution < -0.4 is 5.32 Å². The first kappa shape index (κ1) is 14.0. The maximum atomic E-state index is 12.9. The van der Waals surface area contributed by atoms with Crippen molar-refractivity contribution >= 4 is 21.6 Å². The summed E-state index contributed by atoms with van der Waals surface area (Å²) in [5, 5.41) is 12.8. The van der Waals surface area contributed by atoms with Gasteiger partial charge >= 0.3 is 0 Å². The Morgan fingerprint density at radius 3 is 2.47 bits per heavy atom. The van der Waals surface area contributed by atoms with Crippen molar-refractivity contribution in [1.82, 2.24) is 4.98 Å². The summed E-state index contributed by atoms with van der Waals surface area (Å²) in [5.74, 6) is -0.396. The number of benzene rings is 1. The largest absolute Gasteiger partial charge is 0.394 e. The van der Waals surface area contributed by atoms with Crippen LogP contribution in [0.4, 0.5) is 10.1 Å². The van der Waals surface area contributed by atoms with E-state index in [0.717, 1.165) is 16.4 Å². The van der Waals surface area contributed by atoms with Crippen molar-refractivity contribution in [2.75, 3.05) is 11.9 Å². The SMILES string of the molecule is CC(CO)(Nc1ccc(Br)cc1)c1ccc(F)cn1. The van der Waals surface area contributed by atoms with Crippen LogP contribution in [0.25, 0.3) is 0 Å². The molecule has 2 rings (SSSR count). The molecule has 0 aliphatic heterocycles. The highest BCUT2D eigenvalue weighted by Crippen LogP contribution is 2.25. The van der Waals surface area contributed by atoms with Crippen LogP contribution in [0.3, 0.4) is 0 Å². The van der Waals surface area contributed by atoms with Gasteiger partial charge in [-0.15, -0.1) is 0 Å². The highest BCUT2D eigenvalue weighted by Gasteiger charge is 2.27. The number of aliphatic hydroxyl groups is 1. The molecule has 3 nitrogen and oxygen atoms in total. The van der Waals surface area contributed by atoms with Gasteiger partial charge in [0, 0.05) is 10.2 Å². The van der Waals surface area contributed by atoms with Gasteiger partial charge in [0.1, 0.15) is 5.82 Å². The Balaban J connectivity index is 2.27. The molecule has 1 heterocycles. The first-order valence-corrected chi connectivity index (χ1v) is 6.59. The number of aromatic nitrogens is 1. The molecule has 1 unspecified atom stereocenters. The monoisotopic (exact) mass is 324 g/mol. The molecule has 0 amide bonds. The summed E-state index contributed by atoms with van der Waals surface area (Å²) in [5.41, 5.74) is 0.673. The molecule has 0 bridgehead atoms. The topological polar surface area (TPSA) is 45.1 Å². The van der Waals surface area contributed by atoms with Crippen LogP contribution in [0.15, 0.2) is 47.1 Å². The molecule has 2 aromatic rings. The standard InChI is InChI=1S/C14H14BrFN2O/c1-14(9-19,13-7-4-11(16)8-17-13)18-12-5-2-10(15)3-6-12/h2-8,18-19H,9H2,1H3. The molecule has 100 valence electrons. The highest BCUT2D eigenvalue weighted by molar-refractivity contribution is 9.10. The van der Waals surface area contributed by atoms with E-state index in [1.807, 2.05) is 31.2 Å². The normalized spacial score (nSPS) is 13.9. The van der Waals surface area contributed by atoms with E-state index in [4.69, 9.17) is 0 Å². The van der Waals surface area contributed by atoms with E-state index in [9.17, 15) is 9.50 Å². The Hall–Kier alpha value is -1.46. The van der Waals surface area contributed by atoms with E-state index in [-0.39, 0.29) is 6.61 Å². The fourth-order valence-corrected chi connectivity index (χ4v) is 2.00. The summed E-state index contributed by atoms with van der Waals surface area (Å²) < 4.78 is 13.9. The van der Waals surface area contributed by atoms with E-state index in [2.05, 4.69) is 26.2 Å². The van der Waals surface area contributed by atoms with Gasteiger partial charge in [0.05, 0.1) is 24.0 Å². The second-order valence-electron chi connectivity index (χ2n) is 4.48. The van der Waals surface area contributed by atoms with Gasteiger partial charge in [-0.1, -0.05) is 15.9 Å². The van der Waals surface area contributed by atoms with Crippen LogP contribution in [-0.2, 0) is 5.54 Å². The highest BCUT2D eigenvalue weighted by atomic mass is 79.9. The van der Waals surface area contributed by atoms with E-state index in [0.29, 0.717) is 5.69 Å². The minimum atomic E-state index is -0.762. The molecular formula is C14H14BrFN2O. The summed E-state index contributed by atoms with van der Waals surface area (Å²) in [6.07, 6.45) is 1.15. The van der Waals surface area contributed by atoms with Gasteiger partial charge < -0.3 is 10.4 Å². The summed E-state index contributed by atoms with van der Waals surface area (Å²) in [6.45, 7) is 1.66. The molecule has 1 aromatic carbocycles. The van der Waals surface area contributed by atoms with Gasteiger partial charge in [-0.3, -0.25) is 4.98 Å². The summed E-state index contributed by atoms with van der Waals surface area (Å²) in [6, 6.07) is 10.5. The lowest BCUT2D eigenvalue weighted by Crippen LogP contribution is -2.36. The Morgan fingerprint density at radius 2 is 1.95 bits per heavy atom. The van der Waals surface area contributed by atoms with Gasteiger partial charge in [0.2, 0.25) is 0 Å². The third kappa shape index (κ3) is 3.30. The van der Waals surface area contributed by atoms with Gasteiger partial charge in [0.25, 0.3) is 0 Å². The maximum Gasteiger partial charge on any atom is 0.141 e. The van der Waals surface area contributed by atoms with E-state index >= 15 is 0 Å². The van der Waals surface area contributed by atoms with Gasteiger partial charge in [0.15, 0.2) is 0 Å². The molecule has 0 saturated heterocycles. The molecule has 2 N–H and O–H groups in total. The third-order valence-electron chi connectivity index (χ3n) is 2.87. The number of halogens is 2. The summed E-state index contributed by atoms with van der Waals surface area (Å²) in [7, 11) is 0. The van der Waals surface area contributed by atoms with Crippen molar-refractivity contribution in [3.63, 3.8) is 0 Å². The first-order chi connectivity index (χ1) is 9.03. The maximum absolute atomic E-state index is 12.9. The first-order valence-electron chi connectivity index (χ1n) is 5.80. The lowest BCUT2D eigenvalue weighted by molar-refractivity contribution is 0.221. The predicted octanol–water partition coefficient (Wildman–Crippen LogP) is 3.30. The van der Waals surface area contributed by atoms with Crippen LogP contribution in [0.1, 0.15) is 12.6 Å². The molecule has 0 fully saturated rings. The molecular weight excluding hydrogens is 311 g/mol. The zero-order valence-electron chi connectivity index (χ0n) is 10.4. The Morgan fingerprint density at radius 1 is 1.26 bits per heavy atom. The molecule has 1 atom stereocenters. The van der Waals surface area contributed by atoms with Crippen molar-refractivity contribution in [3.8, 4) is 0 Å². The zero-order chi connectivity index (χ0) is 13.9. The quantitative estimate of drug-likeness (QED) is 0.907. The average Bonchev–Trinajstić information content (AvgIpc) is 2.42. The average molecular weight is 325 g/mol. The van der Waals surface area contributed by atoms with Crippen LogP contribution >= 0.6 is 15.9 Å². The van der Waals surface area contributed by atoms with Gasteiger partial charge in [-0.05, 0) is 43.3 Å². The van der Waals surface area contributed by atoms with Crippen LogP contribution in [0.2, 0.25) is 0 Å². The predicted molar refractivity (Wildman–Crippen MR) is 76.4 cm³/mol. The van der Waals surface area contributed by atoms with Gasteiger partial charge in [-0.25, -0.2) is 4.39 Å². The zero-order valence-corrected chi connectivity index (χ0v) is 12.0. The Bertz CT molecular complexity index is 544. The summed E-state index contributed by atoms with van der Waals surface area (Å²) >= 11 is 3.36. The van der Waals surface area contributed by atoms with E-state index in [1.54, 1.807) is 6.07 Å². The van der Waals surface area contributed by atoms with Crippen LogP contribution in [0.5, 0.6) is 0 Å². The number of nitrogens with zero attached hydrogens (tertiary/aromatic N) is 1. The number of pyridine rings is 1. The fourth-order valence-electron chi connectivity index (χ4n) is 1.74. The molecule has 1 aromatic heterocycles. The van der Waals surface area contributed by atoms with Crippen LogP contribution in [-0.4, -0.2) is 16.7 Å².